The van der Waals surface area contributed by atoms with Crippen molar-refractivity contribution in [2.24, 2.45) is 16.1 Å². The molecule has 0 aliphatic carbocycles. The summed E-state index contributed by atoms with van der Waals surface area (Å²) in [6.07, 6.45) is -0.620. The van der Waals surface area contributed by atoms with Gasteiger partial charge in [-0.3, -0.25) is 14.7 Å². The number of guanidine groups is 1. The summed E-state index contributed by atoms with van der Waals surface area (Å²) in [5.41, 5.74) is 3.28. The van der Waals surface area contributed by atoms with Gasteiger partial charge in [-0.1, -0.05) is 0 Å². The van der Waals surface area contributed by atoms with Crippen LogP contribution in [0.3, 0.4) is 0 Å². The van der Waals surface area contributed by atoms with E-state index in [9.17, 15) is 9.59 Å². The number of nitrogens with one attached hydrogen (secondary N) is 2. The monoisotopic (exact) mass is 413 g/mol. The van der Waals surface area contributed by atoms with Gasteiger partial charge in [0.15, 0.2) is 5.96 Å². The summed E-state index contributed by atoms with van der Waals surface area (Å²) in [4.78, 5) is 30.5. The van der Waals surface area contributed by atoms with Gasteiger partial charge in [-0.05, 0) is 62.3 Å². The molecule has 1 saturated heterocycles. The minimum absolute atomic E-state index is 0.199. The Morgan fingerprint density at radius 1 is 1.21 bits per heavy atom. The smallest absolute Gasteiger partial charge is 0.412 e. The van der Waals surface area contributed by atoms with E-state index in [1.54, 1.807) is 18.7 Å². The molecule has 1 aliphatic heterocycles. The van der Waals surface area contributed by atoms with Gasteiger partial charge in [0.25, 0.3) is 0 Å². The van der Waals surface area contributed by atoms with Gasteiger partial charge in [0.2, 0.25) is 5.91 Å². The van der Waals surface area contributed by atoms with E-state index in [-0.39, 0.29) is 18.7 Å². The fourth-order valence-electron chi connectivity index (χ4n) is 3.02. The predicted octanol–water partition coefficient (Wildman–Crippen LogP) is 1.81. The van der Waals surface area contributed by atoms with Crippen LogP contribution in [0.4, 0.5) is 4.79 Å². The number of hydrogen-bond donors (Lipinski definition) is 3. The third-order valence-corrected chi connectivity index (χ3v) is 4.64. The number of nitrogens with two attached hydrogens (primary N) is 1. The molecule has 0 spiro atoms. The SMILES string of the molecule is CCNC(=NCC(C)(C)C(N)=O)NCC1C(C)OC(C)(C)N1C(=O)OC(C)(C)C. The van der Waals surface area contributed by atoms with Crippen molar-refractivity contribution in [3.05, 3.63) is 0 Å². The second-order valence-corrected chi connectivity index (χ2v) is 9.51. The fourth-order valence-corrected chi connectivity index (χ4v) is 3.02. The van der Waals surface area contributed by atoms with E-state index >= 15 is 0 Å². The van der Waals surface area contributed by atoms with Crippen molar-refractivity contribution in [3.63, 3.8) is 0 Å². The van der Waals surface area contributed by atoms with E-state index in [4.69, 9.17) is 15.2 Å². The summed E-state index contributed by atoms with van der Waals surface area (Å²) in [5, 5.41) is 6.39. The Bertz CT molecular complexity index is 625. The molecule has 1 aliphatic rings. The number of rotatable bonds is 6. The maximum atomic E-state index is 12.8. The molecule has 2 atom stereocenters. The predicted molar refractivity (Wildman–Crippen MR) is 113 cm³/mol. The molecule has 1 rings (SSSR count). The zero-order valence-corrected chi connectivity index (χ0v) is 19.4. The summed E-state index contributed by atoms with van der Waals surface area (Å²) in [6, 6.07) is -0.257. The van der Waals surface area contributed by atoms with E-state index in [1.165, 1.54) is 0 Å². The molecule has 2 unspecified atom stereocenters. The normalized spacial score (nSPS) is 22.4. The molecular formula is C20H39N5O4. The molecule has 0 saturated carbocycles. The fraction of sp³-hybridized carbons (Fsp3) is 0.850. The van der Waals surface area contributed by atoms with Crippen LogP contribution in [-0.4, -0.2) is 66.0 Å². The van der Waals surface area contributed by atoms with Crippen LogP contribution in [0.1, 0.15) is 62.3 Å². The second kappa shape index (κ2) is 9.19. The number of primary amides is 1. The van der Waals surface area contributed by atoms with Crippen LogP contribution in [0.5, 0.6) is 0 Å². The van der Waals surface area contributed by atoms with Crippen molar-refractivity contribution in [2.45, 2.75) is 85.8 Å². The van der Waals surface area contributed by atoms with Gasteiger partial charge >= 0.3 is 6.09 Å². The highest BCUT2D eigenvalue weighted by molar-refractivity contribution is 5.82. The number of amides is 2. The third kappa shape index (κ3) is 7.06. The Morgan fingerprint density at radius 3 is 2.28 bits per heavy atom. The molecule has 0 bridgehead atoms. The summed E-state index contributed by atoms with van der Waals surface area (Å²) >= 11 is 0. The van der Waals surface area contributed by atoms with Crippen LogP contribution in [0, 0.1) is 5.41 Å². The molecule has 29 heavy (non-hydrogen) atoms. The Morgan fingerprint density at radius 2 is 1.79 bits per heavy atom. The van der Waals surface area contributed by atoms with Crippen molar-refractivity contribution in [2.75, 3.05) is 19.6 Å². The van der Waals surface area contributed by atoms with E-state index in [2.05, 4.69) is 15.6 Å². The van der Waals surface area contributed by atoms with Gasteiger partial charge in [0.05, 0.1) is 24.1 Å². The number of nitrogens with zero attached hydrogens (tertiary/aromatic N) is 2. The molecule has 9 nitrogen and oxygen atoms in total. The molecule has 168 valence electrons. The summed E-state index contributed by atoms with van der Waals surface area (Å²) in [6.45, 7) is 17.9. The lowest BCUT2D eigenvalue weighted by Gasteiger charge is -2.35. The van der Waals surface area contributed by atoms with Gasteiger partial charge in [0.1, 0.15) is 11.3 Å². The minimum atomic E-state index is -0.794. The zero-order valence-electron chi connectivity index (χ0n) is 19.4. The van der Waals surface area contributed by atoms with Crippen molar-refractivity contribution in [1.29, 1.82) is 0 Å². The lowest BCUT2D eigenvalue weighted by molar-refractivity contribution is -0.125. The topological polar surface area (TPSA) is 118 Å². The molecule has 4 N–H and O–H groups in total. The zero-order chi connectivity index (χ0) is 22.6. The number of aliphatic imine (C=N–C) groups is 1. The van der Waals surface area contributed by atoms with Crippen LogP contribution in [0.25, 0.3) is 0 Å². The average Bonchev–Trinajstić information content (AvgIpc) is 2.76. The van der Waals surface area contributed by atoms with Crippen LogP contribution < -0.4 is 16.4 Å². The summed E-state index contributed by atoms with van der Waals surface area (Å²) in [7, 11) is 0. The van der Waals surface area contributed by atoms with Crippen molar-refractivity contribution in [1.82, 2.24) is 15.5 Å². The lowest BCUT2D eigenvalue weighted by atomic mass is 9.93. The average molecular weight is 414 g/mol. The highest BCUT2D eigenvalue weighted by atomic mass is 16.6. The van der Waals surface area contributed by atoms with Crippen LogP contribution in [-0.2, 0) is 14.3 Å². The van der Waals surface area contributed by atoms with Crippen LogP contribution in [0.15, 0.2) is 4.99 Å². The number of ether oxygens (including phenoxy) is 2. The molecule has 0 aromatic heterocycles. The number of carbonyl (C=O) groups excluding carboxylic acids is 2. The Balaban J connectivity index is 2.95. The summed E-state index contributed by atoms with van der Waals surface area (Å²) in [5.74, 6) is 0.135. The molecule has 0 aromatic rings. The Hall–Kier alpha value is -2.03. The standard InChI is InChI=1S/C20H39N5O4/c1-10-22-16(24-12-19(6,7)15(21)26)23-11-14-13(2)28-20(8,9)25(14)17(27)29-18(3,4)5/h13-14H,10-12H2,1-9H3,(H2,21,26)(H2,22,23,24). The molecule has 1 fully saturated rings. The lowest BCUT2D eigenvalue weighted by Crippen LogP contribution is -2.54. The van der Waals surface area contributed by atoms with Gasteiger partial charge in [-0.25, -0.2) is 4.79 Å². The maximum absolute atomic E-state index is 12.8. The van der Waals surface area contributed by atoms with Crippen molar-refractivity contribution < 1.29 is 19.1 Å². The van der Waals surface area contributed by atoms with Gasteiger partial charge in [0, 0.05) is 13.1 Å². The molecule has 2 amide bonds. The highest BCUT2D eigenvalue weighted by Crippen LogP contribution is 2.33. The van der Waals surface area contributed by atoms with E-state index in [0.29, 0.717) is 19.0 Å². The number of hydrogen-bond acceptors (Lipinski definition) is 5. The third-order valence-electron chi connectivity index (χ3n) is 4.64. The number of carbonyl (C=O) groups is 2. The Labute approximate surface area is 174 Å². The van der Waals surface area contributed by atoms with Crippen LogP contribution in [0.2, 0.25) is 0 Å². The van der Waals surface area contributed by atoms with Crippen molar-refractivity contribution in [3.8, 4) is 0 Å². The molecule has 0 radical (unpaired) electrons. The first-order chi connectivity index (χ1) is 13.1. The van der Waals surface area contributed by atoms with Crippen molar-refractivity contribution >= 4 is 18.0 Å². The van der Waals surface area contributed by atoms with Gasteiger partial charge in [-0.15, -0.1) is 0 Å². The molecular weight excluding hydrogens is 374 g/mol. The van der Waals surface area contributed by atoms with E-state index in [0.717, 1.165) is 0 Å². The quantitative estimate of drug-likeness (QED) is 0.451. The van der Waals surface area contributed by atoms with Crippen LogP contribution >= 0.6 is 0 Å². The maximum Gasteiger partial charge on any atom is 0.412 e. The highest BCUT2D eigenvalue weighted by Gasteiger charge is 2.49. The van der Waals surface area contributed by atoms with E-state index < -0.39 is 28.7 Å². The first-order valence-electron chi connectivity index (χ1n) is 10.1. The molecule has 0 aromatic carbocycles. The van der Waals surface area contributed by atoms with Gasteiger partial charge < -0.3 is 25.8 Å². The molecule has 9 heteroatoms. The first kappa shape index (κ1) is 25.0. The summed E-state index contributed by atoms with van der Waals surface area (Å²) < 4.78 is 11.6. The van der Waals surface area contributed by atoms with E-state index in [1.807, 2.05) is 48.5 Å². The minimum Gasteiger partial charge on any atom is -0.444 e. The molecule has 1 heterocycles. The first-order valence-corrected chi connectivity index (χ1v) is 10.1. The second-order valence-electron chi connectivity index (χ2n) is 9.51. The largest absolute Gasteiger partial charge is 0.444 e. The Kier molecular flexibility index (Phi) is 7.93. The van der Waals surface area contributed by atoms with Gasteiger partial charge in [-0.2, -0.15) is 0 Å².